The monoisotopic (exact) mass is 356 g/mol. The third kappa shape index (κ3) is 3.69. The summed E-state index contributed by atoms with van der Waals surface area (Å²) in [7, 11) is 0. The van der Waals surface area contributed by atoms with Gasteiger partial charge in [0.25, 0.3) is 0 Å². The molecule has 1 aromatic heterocycles. The highest BCUT2D eigenvalue weighted by Gasteiger charge is 2.36. The number of carbonyl (C=O) groups excluding carboxylic acids is 1. The lowest BCUT2D eigenvalue weighted by Gasteiger charge is -2.31. The molecule has 0 spiro atoms. The van der Waals surface area contributed by atoms with Gasteiger partial charge in [0.2, 0.25) is 0 Å². The van der Waals surface area contributed by atoms with E-state index < -0.39 is 29.4 Å². The molecule has 1 fully saturated rings. The van der Waals surface area contributed by atoms with Crippen LogP contribution in [0, 0.1) is 5.92 Å². The van der Waals surface area contributed by atoms with Gasteiger partial charge in [0.1, 0.15) is 5.75 Å². The van der Waals surface area contributed by atoms with Crippen LogP contribution in [0.25, 0.3) is 0 Å². The Hall–Kier alpha value is -2.09. The van der Waals surface area contributed by atoms with Crippen molar-refractivity contribution in [1.82, 2.24) is 4.98 Å². The number of aromatic nitrogens is 1. The van der Waals surface area contributed by atoms with Crippen molar-refractivity contribution in [2.24, 2.45) is 5.92 Å². The molecule has 8 heteroatoms. The first-order chi connectivity index (χ1) is 11.4. The minimum absolute atomic E-state index is 0.403. The van der Waals surface area contributed by atoms with E-state index in [2.05, 4.69) is 4.98 Å². The van der Waals surface area contributed by atoms with Gasteiger partial charge in [-0.15, -0.1) is 11.3 Å². The summed E-state index contributed by atoms with van der Waals surface area (Å²) in [5.41, 5.74) is -0.939. The van der Waals surface area contributed by atoms with Crippen LogP contribution in [0.15, 0.2) is 35.8 Å². The van der Waals surface area contributed by atoms with E-state index in [0.29, 0.717) is 13.0 Å². The van der Waals surface area contributed by atoms with Gasteiger partial charge in [0, 0.05) is 24.7 Å². The van der Waals surface area contributed by atoms with E-state index in [1.807, 2.05) is 10.3 Å². The van der Waals surface area contributed by atoms with Crippen molar-refractivity contribution in [3.8, 4) is 5.75 Å². The van der Waals surface area contributed by atoms with Gasteiger partial charge in [-0.2, -0.15) is 13.2 Å². The number of anilines is 1. The van der Waals surface area contributed by atoms with Crippen LogP contribution in [-0.4, -0.2) is 24.0 Å². The van der Waals surface area contributed by atoms with Crippen LogP contribution >= 0.6 is 11.3 Å². The molecule has 1 unspecified atom stereocenters. The smallest absolute Gasteiger partial charge is 0.419 e. The van der Waals surface area contributed by atoms with E-state index >= 15 is 0 Å². The van der Waals surface area contributed by atoms with E-state index in [-0.39, 0.29) is 0 Å². The SMILES string of the molecule is O=C(Oc1ccccc1C(F)(F)F)C1CCCN(c2nccs2)C1. The average molecular weight is 356 g/mol. The Morgan fingerprint density at radius 3 is 2.83 bits per heavy atom. The van der Waals surface area contributed by atoms with Gasteiger partial charge in [-0.1, -0.05) is 12.1 Å². The topological polar surface area (TPSA) is 42.4 Å². The number of esters is 1. The van der Waals surface area contributed by atoms with E-state index in [1.54, 1.807) is 6.20 Å². The lowest BCUT2D eigenvalue weighted by atomic mass is 9.98. The van der Waals surface area contributed by atoms with E-state index in [1.165, 1.54) is 29.5 Å². The maximum absolute atomic E-state index is 13.0. The summed E-state index contributed by atoms with van der Waals surface area (Å²) < 4.78 is 44.0. The largest absolute Gasteiger partial charge is 0.426 e. The van der Waals surface area contributed by atoms with E-state index in [0.717, 1.165) is 24.2 Å². The maximum atomic E-state index is 13.0. The van der Waals surface area contributed by atoms with E-state index in [4.69, 9.17) is 4.74 Å². The molecular formula is C16H15F3N2O2S. The third-order valence-electron chi connectivity index (χ3n) is 3.85. The Bertz CT molecular complexity index is 704. The molecule has 24 heavy (non-hydrogen) atoms. The molecule has 0 amide bonds. The minimum atomic E-state index is -4.56. The fraction of sp³-hybridized carbons (Fsp3) is 0.375. The number of halogens is 3. The molecule has 1 aromatic carbocycles. The molecule has 2 aromatic rings. The summed E-state index contributed by atoms with van der Waals surface area (Å²) in [6.45, 7) is 1.18. The van der Waals surface area contributed by atoms with Gasteiger partial charge in [0.05, 0.1) is 11.5 Å². The number of thiazole rings is 1. The Kier molecular flexibility index (Phi) is 4.75. The summed E-state index contributed by atoms with van der Waals surface area (Å²) in [6, 6.07) is 4.76. The van der Waals surface area contributed by atoms with Gasteiger partial charge in [0.15, 0.2) is 5.13 Å². The standard InChI is InChI=1S/C16H15F3N2O2S/c17-16(18,19)12-5-1-2-6-13(12)23-14(22)11-4-3-8-21(10-11)15-20-7-9-24-15/h1-2,5-7,9,11H,3-4,8,10H2. The second-order valence-electron chi connectivity index (χ2n) is 5.51. The summed E-state index contributed by atoms with van der Waals surface area (Å²) >= 11 is 1.47. The second kappa shape index (κ2) is 6.80. The zero-order valence-corrected chi connectivity index (χ0v) is 13.4. The van der Waals surface area contributed by atoms with Gasteiger partial charge >= 0.3 is 12.1 Å². The van der Waals surface area contributed by atoms with Crippen LogP contribution in [0.5, 0.6) is 5.75 Å². The summed E-state index contributed by atoms with van der Waals surface area (Å²) in [4.78, 5) is 18.5. The van der Waals surface area contributed by atoms with Crippen LogP contribution in [0.2, 0.25) is 0 Å². The van der Waals surface area contributed by atoms with Crippen LogP contribution in [0.1, 0.15) is 18.4 Å². The predicted octanol–water partition coefficient (Wildman–Crippen LogP) is 3.98. The normalized spacial score (nSPS) is 18.5. The number of piperidine rings is 1. The predicted molar refractivity (Wildman–Crippen MR) is 84.1 cm³/mol. The first kappa shape index (κ1) is 16.8. The molecule has 0 aliphatic carbocycles. The molecule has 4 nitrogen and oxygen atoms in total. The molecule has 1 aliphatic heterocycles. The Labute approximate surface area is 140 Å². The summed E-state index contributed by atoms with van der Waals surface area (Å²) in [5, 5.41) is 2.65. The molecular weight excluding hydrogens is 341 g/mol. The Morgan fingerprint density at radius 1 is 1.33 bits per heavy atom. The van der Waals surface area contributed by atoms with Crippen molar-refractivity contribution in [3.05, 3.63) is 41.4 Å². The quantitative estimate of drug-likeness (QED) is 0.616. The fourth-order valence-electron chi connectivity index (χ4n) is 2.70. The highest BCUT2D eigenvalue weighted by Crippen LogP contribution is 2.36. The molecule has 2 heterocycles. The second-order valence-corrected chi connectivity index (χ2v) is 6.39. The summed E-state index contributed by atoms with van der Waals surface area (Å²) in [6.07, 6.45) is -1.52. The maximum Gasteiger partial charge on any atom is 0.419 e. The van der Waals surface area contributed by atoms with Crippen molar-refractivity contribution in [2.45, 2.75) is 19.0 Å². The van der Waals surface area contributed by atoms with Crippen LogP contribution in [0.3, 0.4) is 0 Å². The van der Waals surface area contributed by atoms with Crippen molar-refractivity contribution >= 4 is 22.4 Å². The number of alkyl halides is 3. The summed E-state index contributed by atoms with van der Waals surface area (Å²) in [5.74, 6) is -1.54. The zero-order chi connectivity index (χ0) is 17.2. The number of ether oxygens (including phenoxy) is 1. The number of para-hydroxylation sites is 1. The Morgan fingerprint density at radius 2 is 2.12 bits per heavy atom. The van der Waals surface area contributed by atoms with Gasteiger partial charge in [-0.25, -0.2) is 4.98 Å². The molecule has 3 rings (SSSR count). The fourth-order valence-corrected chi connectivity index (χ4v) is 3.38. The number of hydrogen-bond donors (Lipinski definition) is 0. The van der Waals surface area contributed by atoms with E-state index in [9.17, 15) is 18.0 Å². The number of nitrogens with zero attached hydrogens (tertiary/aromatic N) is 2. The van der Waals surface area contributed by atoms with Gasteiger partial charge in [-0.05, 0) is 25.0 Å². The van der Waals surface area contributed by atoms with Crippen LogP contribution in [0.4, 0.5) is 18.3 Å². The molecule has 1 saturated heterocycles. The lowest BCUT2D eigenvalue weighted by molar-refractivity contribution is -0.144. The third-order valence-corrected chi connectivity index (χ3v) is 4.68. The number of benzene rings is 1. The molecule has 0 radical (unpaired) electrons. The van der Waals surface area contributed by atoms with Gasteiger partial charge < -0.3 is 9.64 Å². The Balaban J connectivity index is 1.71. The minimum Gasteiger partial charge on any atom is -0.426 e. The van der Waals surface area contributed by atoms with Crippen LogP contribution < -0.4 is 9.64 Å². The number of carbonyl (C=O) groups is 1. The molecule has 1 aliphatic rings. The first-order valence-electron chi connectivity index (χ1n) is 7.47. The van der Waals surface area contributed by atoms with Gasteiger partial charge in [-0.3, -0.25) is 4.79 Å². The number of hydrogen-bond acceptors (Lipinski definition) is 5. The zero-order valence-electron chi connectivity index (χ0n) is 12.6. The lowest BCUT2D eigenvalue weighted by Crippen LogP contribution is -2.40. The molecule has 0 N–H and O–H groups in total. The van der Waals surface area contributed by atoms with Crippen molar-refractivity contribution in [2.75, 3.05) is 18.0 Å². The van der Waals surface area contributed by atoms with Crippen molar-refractivity contribution in [3.63, 3.8) is 0 Å². The average Bonchev–Trinajstić information content (AvgIpc) is 3.09. The molecule has 128 valence electrons. The molecule has 0 saturated carbocycles. The molecule has 0 bridgehead atoms. The molecule has 1 atom stereocenters. The highest BCUT2D eigenvalue weighted by molar-refractivity contribution is 7.13. The highest BCUT2D eigenvalue weighted by atomic mass is 32.1. The first-order valence-corrected chi connectivity index (χ1v) is 8.35. The van der Waals surface area contributed by atoms with Crippen molar-refractivity contribution in [1.29, 1.82) is 0 Å². The van der Waals surface area contributed by atoms with Crippen LogP contribution in [-0.2, 0) is 11.0 Å². The van der Waals surface area contributed by atoms with Crippen molar-refractivity contribution < 1.29 is 22.7 Å². The number of rotatable bonds is 3.